The largest absolute Gasteiger partial charge is 0.313 e. The number of hydrogen-bond donors (Lipinski definition) is 1. The monoisotopic (exact) mass is 290 g/mol. The van der Waals surface area contributed by atoms with Crippen molar-refractivity contribution in [3.63, 3.8) is 0 Å². The number of nitrogens with zero attached hydrogens (tertiary/aromatic N) is 1. The van der Waals surface area contributed by atoms with Crippen molar-refractivity contribution in [3.05, 3.63) is 35.9 Å². The van der Waals surface area contributed by atoms with Gasteiger partial charge in [-0.1, -0.05) is 37.3 Å². The first-order chi connectivity index (χ1) is 9.76. The molecular weight excluding hydrogens is 264 g/mol. The minimum atomic E-state index is 0.228. The summed E-state index contributed by atoms with van der Waals surface area (Å²) in [5.41, 5.74) is 1.71. The fraction of sp³-hybridized carbons (Fsp3) is 0.647. The van der Waals surface area contributed by atoms with Crippen LogP contribution in [0.15, 0.2) is 30.3 Å². The molecule has 1 heterocycles. The normalized spacial score (nSPS) is 23.4. The molecular formula is C17H26N2S. The number of nitrogens with one attached hydrogen (secondary N) is 1. The second kappa shape index (κ2) is 6.50. The maximum atomic E-state index is 3.75. The van der Waals surface area contributed by atoms with E-state index in [2.05, 4.69) is 59.2 Å². The predicted octanol–water partition coefficient (Wildman–Crippen LogP) is 2.75. The van der Waals surface area contributed by atoms with Gasteiger partial charge in [-0.3, -0.25) is 0 Å². The molecule has 1 N–H and O–H groups in total. The topological polar surface area (TPSA) is 15.3 Å². The zero-order chi connectivity index (χ0) is 13.8. The van der Waals surface area contributed by atoms with Crippen LogP contribution in [-0.4, -0.2) is 48.6 Å². The van der Waals surface area contributed by atoms with Crippen LogP contribution in [0, 0.1) is 0 Å². The van der Waals surface area contributed by atoms with E-state index < -0.39 is 0 Å². The molecule has 2 nitrogen and oxygen atoms in total. The molecule has 20 heavy (non-hydrogen) atoms. The van der Waals surface area contributed by atoms with Gasteiger partial charge in [0.05, 0.1) is 0 Å². The lowest BCUT2D eigenvalue weighted by atomic mass is 9.81. The fourth-order valence-corrected chi connectivity index (χ4v) is 3.98. The maximum Gasteiger partial charge on any atom is 0.0177 e. The minimum Gasteiger partial charge on any atom is -0.313 e. The van der Waals surface area contributed by atoms with E-state index in [0.29, 0.717) is 0 Å². The van der Waals surface area contributed by atoms with Gasteiger partial charge in [0.2, 0.25) is 0 Å². The highest BCUT2D eigenvalue weighted by molar-refractivity contribution is 7.99. The third-order valence-electron chi connectivity index (χ3n) is 4.51. The summed E-state index contributed by atoms with van der Waals surface area (Å²) in [5, 5.41) is 3.75. The van der Waals surface area contributed by atoms with Gasteiger partial charge in [-0.15, -0.1) is 0 Å². The Kier molecular flexibility index (Phi) is 4.69. The lowest BCUT2D eigenvalue weighted by molar-refractivity contribution is 0.228. The van der Waals surface area contributed by atoms with Crippen molar-refractivity contribution in [3.8, 4) is 0 Å². The molecule has 1 aromatic rings. The average Bonchev–Trinajstić information content (AvgIpc) is 3.32. The molecule has 1 saturated heterocycles. The molecule has 0 amide bonds. The molecule has 3 rings (SSSR count). The van der Waals surface area contributed by atoms with Crippen molar-refractivity contribution in [1.29, 1.82) is 0 Å². The standard InChI is InChI=1S/C17H26N2S/c1-17(13-18-16-7-8-16,15-5-3-2-4-6-15)14-19-9-11-20-12-10-19/h2-6,16,18H,7-14H2,1H3. The van der Waals surface area contributed by atoms with Crippen LogP contribution in [0.3, 0.4) is 0 Å². The van der Waals surface area contributed by atoms with E-state index in [1.165, 1.54) is 49.5 Å². The molecule has 1 unspecified atom stereocenters. The molecule has 1 saturated carbocycles. The predicted molar refractivity (Wildman–Crippen MR) is 88.6 cm³/mol. The summed E-state index contributed by atoms with van der Waals surface area (Å²) in [7, 11) is 0. The number of rotatable bonds is 6. The van der Waals surface area contributed by atoms with Crippen LogP contribution >= 0.6 is 11.8 Å². The SMILES string of the molecule is CC(CNC1CC1)(CN1CCSCC1)c1ccccc1. The quantitative estimate of drug-likeness (QED) is 0.867. The Balaban J connectivity index is 1.70. The number of hydrogen-bond acceptors (Lipinski definition) is 3. The fourth-order valence-electron chi connectivity index (χ4n) is 3.00. The van der Waals surface area contributed by atoms with Crippen LogP contribution in [0.4, 0.5) is 0 Å². The average molecular weight is 290 g/mol. The molecule has 0 bridgehead atoms. The van der Waals surface area contributed by atoms with E-state index in [1.807, 2.05) is 0 Å². The molecule has 110 valence electrons. The Morgan fingerprint density at radius 3 is 2.55 bits per heavy atom. The smallest absolute Gasteiger partial charge is 0.0177 e. The van der Waals surface area contributed by atoms with Crippen LogP contribution in [0.5, 0.6) is 0 Å². The lowest BCUT2D eigenvalue weighted by Crippen LogP contribution is -2.48. The van der Waals surface area contributed by atoms with Gasteiger partial charge in [-0.25, -0.2) is 0 Å². The Morgan fingerprint density at radius 1 is 1.20 bits per heavy atom. The summed E-state index contributed by atoms with van der Waals surface area (Å²) >= 11 is 2.09. The van der Waals surface area contributed by atoms with Crippen molar-refractivity contribution < 1.29 is 0 Å². The second-order valence-electron chi connectivity index (χ2n) is 6.47. The highest BCUT2D eigenvalue weighted by atomic mass is 32.2. The Labute approximate surface area is 127 Å². The molecule has 1 atom stereocenters. The maximum absolute atomic E-state index is 3.75. The molecule has 1 aliphatic heterocycles. The Bertz CT molecular complexity index is 412. The first kappa shape index (κ1) is 14.4. The van der Waals surface area contributed by atoms with Crippen molar-refractivity contribution in [2.75, 3.05) is 37.7 Å². The van der Waals surface area contributed by atoms with Gasteiger partial charge < -0.3 is 10.2 Å². The highest BCUT2D eigenvalue weighted by Crippen LogP contribution is 2.28. The van der Waals surface area contributed by atoms with E-state index in [1.54, 1.807) is 0 Å². The van der Waals surface area contributed by atoms with Gasteiger partial charge in [0, 0.05) is 49.1 Å². The van der Waals surface area contributed by atoms with E-state index in [0.717, 1.165) is 12.6 Å². The Morgan fingerprint density at radius 2 is 1.90 bits per heavy atom. The molecule has 3 heteroatoms. The van der Waals surface area contributed by atoms with Gasteiger partial charge in [-0.05, 0) is 18.4 Å². The molecule has 0 aromatic heterocycles. The lowest BCUT2D eigenvalue weighted by Gasteiger charge is -2.38. The van der Waals surface area contributed by atoms with Crippen molar-refractivity contribution in [2.45, 2.75) is 31.2 Å². The second-order valence-corrected chi connectivity index (χ2v) is 7.70. The summed E-state index contributed by atoms with van der Waals surface area (Å²) < 4.78 is 0. The van der Waals surface area contributed by atoms with Crippen LogP contribution in [-0.2, 0) is 5.41 Å². The summed E-state index contributed by atoms with van der Waals surface area (Å²) in [6.07, 6.45) is 2.73. The van der Waals surface area contributed by atoms with Crippen molar-refractivity contribution in [2.24, 2.45) is 0 Å². The van der Waals surface area contributed by atoms with E-state index in [4.69, 9.17) is 0 Å². The van der Waals surface area contributed by atoms with E-state index in [9.17, 15) is 0 Å². The summed E-state index contributed by atoms with van der Waals surface area (Å²) in [4.78, 5) is 2.65. The Hall–Kier alpha value is -0.510. The molecule has 0 radical (unpaired) electrons. The zero-order valence-corrected chi connectivity index (χ0v) is 13.3. The van der Waals surface area contributed by atoms with E-state index in [-0.39, 0.29) is 5.41 Å². The van der Waals surface area contributed by atoms with Gasteiger partial charge in [0.1, 0.15) is 0 Å². The van der Waals surface area contributed by atoms with Crippen molar-refractivity contribution in [1.82, 2.24) is 10.2 Å². The van der Waals surface area contributed by atoms with Crippen molar-refractivity contribution >= 4 is 11.8 Å². The van der Waals surface area contributed by atoms with Crippen LogP contribution in [0.2, 0.25) is 0 Å². The molecule has 1 aliphatic carbocycles. The zero-order valence-electron chi connectivity index (χ0n) is 12.5. The van der Waals surface area contributed by atoms with Gasteiger partial charge in [0.25, 0.3) is 0 Å². The first-order valence-electron chi connectivity index (χ1n) is 7.85. The van der Waals surface area contributed by atoms with Crippen LogP contribution < -0.4 is 5.32 Å². The van der Waals surface area contributed by atoms with Crippen LogP contribution in [0.25, 0.3) is 0 Å². The number of benzene rings is 1. The van der Waals surface area contributed by atoms with Crippen LogP contribution in [0.1, 0.15) is 25.3 Å². The highest BCUT2D eigenvalue weighted by Gasteiger charge is 2.32. The molecule has 0 spiro atoms. The van der Waals surface area contributed by atoms with Gasteiger partial charge in [0.15, 0.2) is 0 Å². The molecule has 2 fully saturated rings. The molecule has 2 aliphatic rings. The first-order valence-corrected chi connectivity index (χ1v) is 9.01. The van der Waals surface area contributed by atoms with Gasteiger partial charge in [-0.2, -0.15) is 11.8 Å². The summed E-state index contributed by atoms with van der Waals surface area (Å²) in [5.74, 6) is 2.59. The number of thioether (sulfide) groups is 1. The minimum absolute atomic E-state index is 0.228. The molecule has 1 aromatic carbocycles. The van der Waals surface area contributed by atoms with E-state index >= 15 is 0 Å². The third-order valence-corrected chi connectivity index (χ3v) is 5.45. The summed E-state index contributed by atoms with van der Waals surface area (Å²) in [6.45, 7) is 7.20. The third kappa shape index (κ3) is 3.78. The van der Waals surface area contributed by atoms with Gasteiger partial charge >= 0.3 is 0 Å². The summed E-state index contributed by atoms with van der Waals surface area (Å²) in [6, 6.07) is 11.9.